The van der Waals surface area contributed by atoms with Gasteiger partial charge in [0.05, 0.1) is 16.5 Å². The van der Waals surface area contributed by atoms with Crippen LogP contribution in [-0.2, 0) is 11.2 Å². The standard InChI is InChI=1S/C15H12Cl2O3S/c1-20-11-4-2-9(3-5-11)10(7-15(18)19)6-13-12(16)8-14(17)21-13/h2-5,7-8H,6H2,1H3,(H,18,19). The van der Waals surface area contributed by atoms with Crippen molar-refractivity contribution in [2.45, 2.75) is 6.42 Å². The van der Waals surface area contributed by atoms with Gasteiger partial charge in [0.1, 0.15) is 5.75 Å². The summed E-state index contributed by atoms with van der Waals surface area (Å²) < 4.78 is 5.68. The Morgan fingerprint density at radius 1 is 1.33 bits per heavy atom. The fourth-order valence-electron chi connectivity index (χ4n) is 1.86. The largest absolute Gasteiger partial charge is 0.497 e. The Balaban J connectivity index is 2.34. The molecule has 1 heterocycles. The summed E-state index contributed by atoms with van der Waals surface area (Å²) in [6, 6.07) is 8.87. The molecule has 21 heavy (non-hydrogen) atoms. The van der Waals surface area contributed by atoms with Crippen LogP contribution in [0, 0.1) is 0 Å². The van der Waals surface area contributed by atoms with Gasteiger partial charge in [0.15, 0.2) is 0 Å². The first-order chi connectivity index (χ1) is 9.99. The highest BCUT2D eigenvalue weighted by Crippen LogP contribution is 2.34. The number of halogens is 2. The zero-order chi connectivity index (χ0) is 15.4. The van der Waals surface area contributed by atoms with Crippen LogP contribution in [0.3, 0.4) is 0 Å². The number of carboxylic acid groups (broad SMARTS) is 1. The molecule has 0 aliphatic heterocycles. The minimum Gasteiger partial charge on any atom is -0.497 e. The Hall–Kier alpha value is -1.49. The number of hydrogen-bond acceptors (Lipinski definition) is 3. The number of methoxy groups -OCH3 is 1. The Labute approximate surface area is 136 Å². The van der Waals surface area contributed by atoms with Crippen LogP contribution in [-0.4, -0.2) is 18.2 Å². The molecule has 0 atom stereocenters. The van der Waals surface area contributed by atoms with Crippen molar-refractivity contribution >= 4 is 46.1 Å². The predicted octanol–water partition coefficient (Wildman–Crippen LogP) is 4.77. The first-order valence-corrected chi connectivity index (χ1v) is 7.58. The summed E-state index contributed by atoms with van der Waals surface area (Å²) in [5.41, 5.74) is 1.46. The van der Waals surface area contributed by atoms with E-state index < -0.39 is 5.97 Å². The summed E-state index contributed by atoms with van der Waals surface area (Å²) in [4.78, 5) is 11.9. The Morgan fingerprint density at radius 2 is 2.00 bits per heavy atom. The second-order valence-corrected chi connectivity index (χ2v) is 6.41. The number of carbonyl (C=O) groups is 1. The van der Waals surface area contributed by atoms with Crippen LogP contribution in [0.5, 0.6) is 5.75 Å². The van der Waals surface area contributed by atoms with Gasteiger partial charge in [-0.25, -0.2) is 4.79 Å². The fourth-order valence-corrected chi connectivity index (χ4v) is 3.46. The molecule has 1 aromatic carbocycles. The summed E-state index contributed by atoms with van der Waals surface area (Å²) in [5.74, 6) is -0.287. The molecule has 2 rings (SSSR count). The average molecular weight is 343 g/mol. The van der Waals surface area contributed by atoms with Crippen LogP contribution in [0.2, 0.25) is 9.36 Å². The van der Waals surface area contributed by atoms with Gasteiger partial charge in [0.2, 0.25) is 0 Å². The zero-order valence-corrected chi connectivity index (χ0v) is 13.4. The van der Waals surface area contributed by atoms with Crippen LogP contribution in [0.25, 0.3) is 5.57 Å². The van der Waals surface area contributed by atoms with E-state index in [-0.39, 0.29) is 0 Å². The smallest absolute Gasteiger partial charge is 0.328 e. The number of benzene rings is 1. The number of rotatable bonds is 5. The van der Waals surface area contributed by atoms with Gasteiger partial charge in [-0.15, -0.1) is 11.3 Å². The summed E-state index contributed by atoms with van der Waals surface area (Å²) in [6.07, 6.45) is 1.60. The van der Waals surface area contributed by atoms with Gasteiger partial charge in [-0.05, 0) is 29.3 Å². The van der Waals surface area contributed by atoms with Crippen LogP contribution >= 0.6 is 34.5 Å². The molecule has 0 saturated carbocycles. The summed E-state index contributed by atoms with van der Waals surface area (Å²) >= 11 is 13.4. The molecule has 0 aliphatic rings. The van der Waals surface area contributed by atoms with Gasteiger partial charge in [-0.2, -0.15) is 0 Å². The van der Waals surface area contributed by atoms with Crippen molar-refractivity contribution in [3.63, 3.8) is 0 Å². The molecule has 0 amide bonds. The van der Waals surface area contributed by atoms with Crippen molar-refractivity contribution < 1.29 is 14.6 Å². The van der Waals surface area contributed by atoms with Crippen LogP contribution < -0.4 is 4.74 Å². The SMILES string of the molecule is COc1ccc(C(=CC(=O)O)Cc2sc(Cl)cc2Cl)cc1. The quantitative estimate of drug-likeness (QED) is 0.795. The lowest BCUT2D eigenvalue weighted by atomic mass is 10.0. The van der Waals surface area contributed by atoms with E-state index >= 15 is 0 Å². The molecule has 0 bridgehead atoms. The minimum atomic E-state index is -1.00. The highest BCUT2D eigenvalue weighted by molar-refractivity contribution is 7.16. The molecule has 6 heteroatoms. The second-order valence-electron chi connectivity index (χ2n) is 4.23. The molecule has 0 fully saturated rings. The lowest BCUT2D eigenvalue weighted by molar-refractivity contribution is -0.131. The number of allylic oxidation sites excluding steroid dienone is 1. The first-order valence-electron chi connectivity index (χ1n) is 6.01. The maximum Gasteiger partial charge on any atom is 0.328 e. The third-order valence-corrected chi connectivity index (χ3v) is 4.55. The molecular formula is C15H12Cl2O3S. The second kappa shape index (κ2) is 6.98. The molecule has 1 N–H and O–H groups in total. The average Bonchev–Trinajstić information content (AvgIpc) is 2.76. The van der Waals surface area contributed by atoms with Gasteiger partial charge < -0.3 is 9.84 Å². The lowest BCUT2D eigenvalue weighted by Crippen LogP contribution is -1.96. The monoisotopic (exact) mass is 342 g/mol. The molecule has 0 spiro atoms. The van der Waals surface area contributed by atoms with Crippen LogP contribution in [0.15, 0.2) is 36.4 Å². The first kappa shape index (κ1) is 15.9. The van der Waals surface area contributed by atoms with E-state index in [0.717, 1.165) is 10.4 Å². The minimum absolute atomic E-state index is 0.412. The Morgan fingerprint density at radius 3 is 2.48 bits per heavy atom. The van der Waals surface area contributed by atoms with Crippen molar-refractivity contribution in [2.75, 3.05) is 7.11 Å². The van der Waals surface area contributed by atoms with E-state index in [2.05, 4.69) is 0 Å². The van der Waals surface area contributed by atoms with E-state index in [9.17, 15) is 4.79 Å². The summed E-state index contributed by atoms with van der Waals surface area (Å²) in [5, 5.41) is 9.59. The number of aliphatic carboxylic acids is 1. The molecule has 3 nitrogen and oxygen atoms in total. The van der Waals surface area contributed by atoms with Crippen LogP contribution in [0.4, 0.5) is 0 Å². The third-order valence-electron chi connectivity index (χ3n) is 2.84. The summed E-state index contributed by atoms with van der Waals surface area (Å²) in [7, 11) is 1.58. The number of hydrogen-bond donors (Lipinski definition) is 1. The molecule has 0 unspecified atom stereocenters. The number of ether oxygens (including phenoxy) is 1. The van der Waals surface area contributed by atoms with Crippen molar-refractivity contribution in [2.24, 2.45) is 0 Å². The zero-order valence-electron chi connectivity index (χ0n) is 11.1. The molecular weight excluding hydrogens is 331 g/mol. The van der Waals surface area contributed by atoms with Gasteiger partial charge in [0, 0.05) is 17.4 Å². The Kier molecular flexibility index (Phi) is 5.28. The lowest BCUT2D eigenvalue weighted by Gasteiger charge is -2.08. The molecule has 0 aliphatic carbocycles. The highest BCUT2D eigenvalue weighted by atomic mass is 35.5. The van der Waals surface area contributed by atoms with Crippen LogP contribution in [0.1, 0.15) is 10.4 Å². The molecule has 110 valence electrons. The van der Waals surface area contributed by atoms with Gasteiger partial charge in [-0.1, -0.05) is 35.3 Å². The molecule has 0 saturated heterocycles. The Bertz CT molecular complexity index is 675. The predicted molar refractivity (Wildman–Crippen MR) is 86.6 cm³/mol. The maximum atomic E-state index is 11.0. The third kappa shape index (κ3) is 4.24. The van der Waals surface area contributed by atoms with Crippen molar-refractivity contribution in [3.05, 3.63) is 56.2 Å². The molecule has 0 radical (unpaired) electrons. The molecule has 1 aromatic heterocycles. The van der Waals surface area contributed by atoms with Gasteiger partial charge in [0.25, 0.3) is 0 Å². The van der Waals surface area contributed by atoms with Crippen molar-refractivity contribution in [3.8, 4) is 5.75 Å². The normalized spacial score (nSPS) is 11.5. The fraction of sp³-hybridized carbons (Fsp3) is 0.133. The summed E-state index contributed by atoms with van der Waals surface area (Å²) in [6.45, 7) is 0. The van der Waals surface area contributed by atoms with Gasteiger partial charge in [-0.3, -0.25) is 0 Å². The highest BCUT2D eigenvalue weighted by Gasteiger charge is 2.12. The number of thiophene rings is 1. The van der Waals surface area contributed by atoms with Gasteiger partial charge >= 0.3 is 5.97 Å². The van der Waals surface area contributed by atoms with E-state index in [4.69, 9.17) is 33.0 Å². The van der Waals surface area contributed by atoms with E-state index in [1.165, 1.54) is 17.4 Å². The van der Waals surface area contributed by atoms with E-state index in [0.29, 0.717) is 27.1 Å². The molecule has 2 aromatic rings. The maximum absolute atomic E-state index is 11.0. The topological polar surface area (TPSA) is 46.5 Å². The van der Waals surface area contributed by atoms with E-state index in [1.807, 2.05) is 12.1 Å². The number of carboxylic acids is 1. The van der Waals surface area contributed by atoms with Crippen molar-refractivity contribution in [1.29, 1.82) is 0 Å². The van der Waals surface area contributed by atoms with E-state index in [1.54, 1.807) is 25.3 Å². The van der Waals surface area contributed by atoms with Crippen molar-refractivity contribution in [1.82, 2.24) is 0 Å².